The molecule has 7 heteroatoms. The summed E-state index contributed by atoms with van der Waals surface area (Å²) in [5.74, 6) is 0. The molecule has 4 rings (SSSR count). The van der Waals surface area contributed by atoms with Crippen LogP contribution in [-0.4, -0.2) is 32.5 Å². The Bertz CT molecular complexity index is 1040. The summed E-state index contributed by atoms with van der Waals surface area (Å²) in [5.41, 5.74) is 2.37. The number of nitrogens with zero attached hydrogens (tertiary/aromatic N) is 4. The molecule has 1 aromatic heterocycles. The number of hydrogen-bond donors (Lipinski definition) is 0. The van der Waals surface area contributed by atoms with Crippen LogP contribution in [0, 0.1) is 10.1 Å². The molecule has 1 fully saturated rings. The van der Waals surface area contributed by atoms with Crippen LogP contribution in [0.25, 0.3) is 10.9 Å². The third kappa shape index (κ3) is 3.73. The standard InChI is InChI=1S/C20H20N4O3/c25-20-18-8-7-17(24(26)27)11-19(18)21-14-23(20)13-16-5-3-15(4-6-16)12-22-9-1-2-10-22/h3-8,11,14H,1-2,9-10,12-13H2. The van der Waals surface area contributed by atoms with Crippen LogP contribution in [-0.2, 0) is 13.1 Å². The first-order chi connectivity index (χ1) is 13.1. The molecular weight excluding hydrogens is 344 g/mol. The fourth-order valence-electron chi connectivity index (χ4n) is 3.52. The molecule has 0 aliphatic carbocycles. The Labute approximate surface area is 156 Å². The Kier molecular flexibility index (Phi) is 4.68. The number of likely N-dealkylation sites (tertiary alicyclic amines) is 1. The maximum absolute atomic E-state index is 12.7. The van der Waals surface area contributed by atoms with Crippen LogP contribution >= 0.6 is 0 Å². The summed E-state index contributed by atoms with van der Waals surface area (Å²) >= 11 is 0. The zero-order chi connectivity index (χ0) is 18.8. The first-order valence-corrected chi connectivity index (χ1v) is 9.04. The summed E-state index contributed by atoms with van der Waals surface area (Å²) in [6.07, 6.45) is 4.00. The van der Waals surface area contributed by atoms with Crippen LogP contribution in [0.3, 0.4) is 0 Å². The highest BCUT2D eigenvalue weighted by atomic mass is 16.6. The molecule has 0 atom stereocenters. The van der Waals surface area contributed by atoms with Crippen LogP contribution in [0.1, 0.15) is 24.0 Å². The lowest BCUT2D eigenvalue weighted by Crippen LogP contribution is -2.21. The normalized spacial score (nSPS) is 14.7. The van der Waals surface area contributed by atoms with Crippen LogP contribution in [0.4, 0.5) is 5.69 Å². The lowest BCUT2D eigenvalue weighted by molar-refractivity contribution is -0.384. The molecule has 3 aromatic rings. The van der Waals surface area contributed by atoms with Gasteiger partial charge in [-0.25, -0.2) is 4.98 Å². The fraction of sp³-hybridized carbons (Fsp3) is 0.300. The van der Waals surface area contributed by atoms with Gasteiger partial charge in [0.2, 0.25) is 0 Å². The second-order valence-corrected chi connectivity index (χ2v) is 6.94. The highest BCUT2D eigenvalue weighted by molar-refractivity contribution is 5.79. The summed E-state index contributed by atoms with van der Waals surface area (Å²) in [4.78, 5) is 29.7. The molecule has 1 aliphatic heterocycles. The largest absolute Gasteiger partial charge is 0.299 e. The van der Waals surface area contributed by atoms with E-state index in [4.69, 9.17) is 0 Å². The minimum Gasteiger partial charge on any atom is -0.299 e. The van der Waals surface area contributed by atoms with Gasteiger partial charge in [-0.05, 0) is 43.1 Å². The first kappa shape index (κ1) is 17.4. The lowest BCUT2D eigenvalue weighted by atomic mass is 10.1. The van der Waals surface area contributed by atoms with Crippen molar-refractivity contribution in [2.45, 2.75) is 25.9 Å². The lowest BCUT2D eigenvalue weighted by Gasteiger charge is -2.14. The monoisotopic (exact) mass is 364 g/mol. The number of aromatic nitrogens is 2. The third-order valence-corrected chi connectivity index (χ3v) is 5.00. The van der Waals surface area contributed by atoms with E-state index in [1.165, 1.54) is 47.5 Å². The van der Waals surface area contributed by atoms with Gasteiger partial charge in [-0.3, -0.25) is 24.4 Å². The second-order valence-electron chi connectivity index (χ2n) is 6.94. The number of benzene rings is 2. The van der Waals surface area contributed by atoms with Gasteiger partial charge in [-0.1, -0.05) is 24.3 Å². The van der Waals surface area contributed by atoms with Crippen LogP contribution in [0.15, 0.2) is 53.6 Å². The molecule has 0 radical (unpaired) electrons. The van der Waals surface area contributed by atoms with Gasteiger partial charge in [0.05, 0.1) is 28.7 Å². The molecule has 1 aliphatic rings. The summed E-state index contributed by atoms with van der Waals surface area (Å²) in [6.45, 7) is 3.72. The van der Waals surface area contributed by atoms with Crippen molar-refractivity contribution in [2.24, 2.45) is 0 Å². The van der Waals surface area contributed by atoms with Crippen molar-refractivity contribution < 1.29 is 4.92 Å². The summed E-state index contributed by atoms with van der Waals surface area (Å²) in [7, 11) is 0. The van der Waals surface area contributed by atoms with E-state index in [-0.39, 0.29) is 11.2 Å². The Morgan fingerprint density at radius 2 is 1.67 bits per heavy atom. The smallest absolute Gasteiger partial charge is 0.271 e. The van der Waals surface area contributed by atoms with E-state index < -0.39 is 4.92 Å². The van der Waals surface area contributed by atoms with E-state index in [1.807, 2.05) is 12.1 Å². The first-order valence-electron chi connectivity index (χ1n) is 9.04. The van der Waals surface area contributed by atoms with E-state index in [0.29, 0.717) is 17.4 Å². The third-order valence-electron chi connectivity index (χ3n) is 5.00. The van der Waals surface area contributed by atoms with Gasteiger partial charge < -0.3 is 0 Å². The van der Waals surface area contributed by atoms with Crippen molar-refractivity contribution in [3.05, 3.63) is 80.4 Å². The molecule has 138 valence electrons. The molecule has 7 nitrogen and oxygen atoms in total. The summed E-state index contributed by atoms with van der Waals surface area (Å²) < 4.78 is 1.53. The molecule has 0 bridgehead atoms. The molecule has 0 saturated carbocycles. The number of nitro groups is 1. The van der Waals surface area contributed by atoms with Gasteiger partial charge in [0.25, 0.3) is 11.2 Å². The average Bonchev–Trinajstić information content (AvgIpc) is 3.18. The van der Waals surface area contributed by atoms with Crippen molar-refractivity contribution in [1.82, 2.24) is 14.5 Å². The molecule has 27 heavy (non-hydrogen) atoms. The van der Waals surface area contributed by atoms with Crippen LogP contribution in [0.5, 0.6) is 0 Å². The average molecular weight is 364 g/mol. The topological polar surface area (TPSA) is 81.3 Å². The Balaban J connectivity index is 1.54. The van der Waals surface area contributed by atoms with Crippen molar-refractivity contribution in [3.63, 3.8) is 0 Å². The fourth-order valence-corrected chi connectivity index (χ4v) is 3.52. The SMILES string of the molecule is O=c1c2ccc([N+](=O)[O-])cc2ncn1Cc1ccc(CN2CCCC2)cc1. The molecular formula is C20H20N4O3. The van der Waals surface area contributed by atoms with E-state index in [0.717, 1.165) is 25.2 Å². The predicted octanol–water partition coefficient (Wildman–Crippen LogP) is 2.95. The summed E-state index contributed by atoms with van der Waals surface area (Å²) in [6, 6.07) is 12.4. The zero-order valence-corrected chi connectivity index (χ0v) is 14.9. The number of hydrogen-bond acceptors (Lipinski definition) is 5. The molecule has 0 amide bonds. The van der Waals surface area contributed by atoms with E-state index in [1.54, 1.807) is 0 Å². The number of rotatable bonds is 5. The number of non-ortho nitro benzene ring substituents is 1. The van der Waals surface area contributed by atoms with Crippen molar-refractivity contribution in [2.75, 3.05) is 13.1 Å². The van der Waals surface area contributed by atoms with Gasteiger partial charge in [-0.15, -0.1) is 0 Å². The number of nitro benzene ring substituents is 1. The maximum atomic E-state index is 12.7. The minimum absolute atomic E-state index is 0.0688. The van der Waals surface area contributed by atoms with Gasteiger partial charge in [0.1, 0.15) is 0 Å². The van der Waals surface area contributed by atoms with E-state index >= 15 is 0 Å². The highest BCUT2D eigenvalue weighted by Crippen LogP contribution is 2.17. The van der Waals surface area contributed by atoms with Gasteiger partial charge in [-0.2, -0.15) is 0 Å². The quantitative estimate of drug-likeness (QED) is 0.514. The van der Waals surface area contributed by atoms with Crippen molar-refractivity contribution in [3.8, 4) is 0 Å². The second kappa shape index (κ2) is 7.28. The minimum atomic E-state index is -0.490. The van der Waals surface area contributed by atoms with E-state index in [9.17, 15) is 14.9 Å². The van der Waals surface area contributed by atoms with Gasteiger partial charge in [0, 0.05) is 18.7 Å². The van der Waals surface area contributed by atoms with Crippen LogP contribution in [0.2, 0.25) is 0 Å². The highest BCUT2D eigenvalue weighted by Gasteiger charge is 2.12. The van der Waals surface area contributed by atoms with Crippen LogP contribution < -0.4 is 5.56 Å². The van der Waals surface area contributed by atoms with Gasteiger partial charge >= 0.3 is 0 Å². The zero-order valence-electron chi connectivity index (χ0n) is 14.9. The molecule has 1 saturated heterocycles. The van der Waals surface area contributed by atoms with Crippen molar-refractivity contribution in [1.29, 1.82) is 0 Å². The van der Waals surface area contributed by atoms with Crippen molar-refractivity contribution >= 4 is 16.6 Å². The maximum Gasteiger partial charge on any atom is 0.271 e. The van der Waals surface area contributed by atoms with Gasteiger partial charge in [0.15, 0.2) is 0 Å². The molecule has 0 unspecified atom stereocenters. The molecule has 0 N–H and O–H groups in total. The molecule has 0 spiro atoms. The van der Waals surface area contributed by atoms with E-state index in [2.05, 4.69) is 22.0 Å². The predicted molar refractivity (Wildman–Crippen MR) is 103 cm³/mol. The molecule has 2 heterocycles. The summed E-state index contributed by atoms with van der Waals surface area (Å²) in [5, 5.41) is 11.2. The Morgan fingerprint density at radius 3 is 2.33 bits per heavy atom. The molecule has 2 aromatic carbocycles. The Hall–Kier alpha value is -3.06. The Morgan fingerprint density at radius 1 is 1.00 bits per heavy atom. The number of fused-ring (bicyclic) bond motifs is 1.